The molecule has 0 aliphatic carbocycles. The van der Waals surface area contributed by atoms with E-state index >= 15 is 0 Å². The van der Waals surface area contributed by atoms with E-state index in [1.165, 1.54) is 13.2 Å². The topological polar surface area (TPSA) is 55.7 Å². The second-order valence-electron chi connectivity index (χ2n) is 2.33. The largest absolute Gasteiger partial charge is 0.465 e. The normalized spacial score (nSPS) is 9.00. The molecular formula is C9H6INO3. The van der Waals surface area contributed by atoms with E-state index in [0.717, 1.165) is 0 Å². The van der Waals surface area contributed by atoms with Gasteiger partial charge >= 0.3 is 5.97 Å². The maximum Gasteiger partial charge on any atom is 0.340 e. The van der Waals surface area contributed by atoms with Crippen molar-refractivity contribution >= 4 is 40.3 Å². The molecule has 4 nitrogen and oxygen atoms in total. The van der Waals surface area contributed by atoms with Crippen molar-refractivity contribution in [3.63, 3.8) is 0 Å². The molecule has 0 heterocycles. The summed E-state index contributed by atoms with van der Waals surface area (Å²) in [6.07, 6.45) is 1.41. The molecule has 0 bridgehead atoms. The Hall–Kier alpha value is -1.20. The minimum Gasteiger partial charge on any atom is -0.465 e. The zero-order valence-corrected chi connectivity index (χ0v) is 9.44. The third-order valence-corrected chi connectivity index (χ3v) is 2.42. The van der Waals surface area contributed by atoms with Crippen LogP contribution in [0.25, 0.3) is 0 Å². The van der Waals surface area contributed by atoms with E-state index in [2.05, 4.69) is 9.73 Å². The summed E-state index contributed by atoms with van der Waals surface area (Å²) in [5.41, 5.74) is 0.567. The maximum atomic E-state index is 11.2. The summed E-state index contributed by atoms with van der Waals surface area (Å²) in [5.74, 6) is -0.516. The molecule has 0 N–H and O–H groups in total. The molecule has 0 unspecified atom stereocenters. The van der Waals surface area contributed by atoms with Crippen LogP contribution in [0, 0.1) is 3.57 Å². The molecule has 0 radical (unpaired) electrons. The minimum absolute atomic E-state index is 0.266. The van der Waals surface area contributed by atoms with Crippen molar-refractivity contribution < 1.29 is 14.3 Å². The van der Waals surface area contributed by atoms with Gasteiger partial charge in [-0.2, -0.15) is 4.99 Å². The number of halogens is 1. The molecule has 0 aromatic heterocycles. The first kappa shape index (κ1) is 10.9. The number of hydrogen-bond acceptors (Lipinski definition) is 4. The summed E-state index contributed by atoms with van der Waals surface area (Å²) in [7, 11) is 1.27. The third-order valence-electron chi connectivity index (χ3n) is 1.55. The van der Waals surface area contributed by atoms with E-state index in [1.54, 1.807) is 18.2 Å². The van der Waals surface area contributed by atoms with E-state index in [1.807, 2.05) is 22.6 Å². The van der Waals surface area contributed by atoms with Crippen molar-refractivity contribution in [2.75, 3.05) is 7.11 Å². The third kappa shape index (κ3) is 2.18. The van der Waals surface area contributed by atoms with Crippen molar-refractivity contribution in [1.29, 1.82) is 0 Å². The summed E-state index contributed by atoms with van der Waals surface area (Å²) < 4.78 is 5.25. The minimum atomic E-state index is -0.516. The van der Waals surface area contributed by atoms with Crippen molar-refractivity contribution in [3.05, 3.63) is 27.3 Å². The van der Waals surface area contributed by atoms with E-state index in [-0.39, 0.29) is 5.56 Å². The fourth-order valence-electron chi connectivity index (χ4n) is 0.949. The predicted molar refractivity (Wildman–Crippen MR) is 58.3 cm³/mol. The highest BCUT2D eigenvalue weighted by molar-refractivity contribution is 14.1. The van der Waals surface area contributed by atoms with Gasteiger partial charge in [-0.25, -0.2) is 9.59 Å². The highest BCUT2D eigenvalue weighted by Gasteiger charge is 2.13. The number of benzene rings is 1. The number of ether oxygens (including phenoxy) is 1. The first-order valence-electron chi connectivity index (χ1n) is 3.65. The lowest BCUT2D eigenvalue weighted by Gasteiger charge is -2.03. The molecule has 0 spiro atoms. The first-order chi connectivity index (χ1) is 6.70. The van der Waals surface area contributed by atoms with Crippen LogP contribution in [0.5, 0.6) is 0 Å². The number of carbonyl (C=O) groups is 1. The van der Waals surface area contributed by atoms with Gasteiger partial charge in [0.05, 0.1) is 12.7 Å². The van der Waals surface area contributed by atoms with E-state index in [0.29, 0.717) is 9.26 Å². The number of hydrogen-bond donors (Lipinski definition) is 0. The number of aliphatic imine (C=N–C) groups is 1. The maximum absolute atomic E-state index is 11.2. The predicted octanol–water partition coefficient (Wildman–Crippen LogP) is 2.05. The fraction of sp³-hybridized carbons (Fsp3) is 0.111. The molecule has 1 aromatic carbocycles. The van der Waals surface area contributed by atoms with Crippen LogP contribution in [0.3, 0.4) is 0 Å². The number of para-hydroxylation sites is 1. The SMILES string of the molecule is COC(=O)c1cccc(I)c1N=C=O. The first-order valence-corrected chi connectivity index (χ1v) is 4.73. The average molecular weight is 303 g/mol. The smallest absolute Gasteiger partial charge is 0.340 e. The van der Waals surface area contributed by atoms with Crippen LogP contribution in [0.15, 0.2) is 23.2 Å². The van der Waals surface area contributed by atoms with Gasteiger partial charge in [-0.15, -0.1) is 0 Å². The lowest BCUT2D eigenvalue weighted by atomic mass is 10.2. The number of esters is 1. The Bertz CT molecular complexity index is 411. The Morgan fingerprint density at radius 1 is 1.57 bits per heavy atom. The Morgan fingerprint density at radius 2 is 2.29 bits per heavy atom. The monoisotopic (exact) mass is 303 g/mol. The molecule has 0 fully saturated rings. The lowest BCUT2D eigenvalue weighted by Crippen LogP contribution is -2.01. The summed E-state index contributed by atoms with van der Waals surface area (Å²) >= 11 is 1.98. The van der Waals surface area contributed by atoms with E-state index in [4.69, 9.17) is 0 Å². The van der Waals surface area contributed by atoms with Crippen LogP contribution < -0.4 is 0 Å². The van der Waals surface area contributed by atoms with Crippen LogP contribution >= 0.6 is 22.6 Å². The second kappa shape index (κ2) is 4.88. The second-order valence-corrected chi connectivity index (χ2v) is 3.49. The van der Waals surface area contributed by atoms with E-state index < -0.39 is 5.97 Å². The molecule has 0 atom stereocenters. The van der Waals surface area contributed by atoms with Gasteiger partial charge in [0.2, 0.25) is 6.08 Å². The molecular weight excluding hydrogens is 297 g/mol. The summed E-state index contributed by atoms with van der Waals surface area (Å²) in [5, 5.41) is 0. The molecule has 0 saturated heterocycles. The van der Waals surface area contributed by atoms with Crippen molar-refractivity contribution in [2.45, 2.75) is 0 Å². The molecule has 1 rings (SSSR count). The molecule has 0 aliphatic rings. The molecule has 72 valence electrons. The van der Waals surface area contributed by atoms with Crippen LogP contribution in [0.2, 0.25) is 0 Å². The highest BCUT2D eigenvalue weighted by Crippen LogP contribution is 2.25. The zero-order valence-electron chi connectivity index (χ0n) is 7.28. The Balaban J connectivity index is 3.34. The molecule has 5 heteroatoms. The molecule has 0 saturated carbocycles. The summed E-state index contributed by atoms with van der Waals surface area (Å²) in [6, 6.07) is 4.98. The summed E-state index contributed by atoms with van der Waals surface area (Å²) in [4.78, 5) is 24.8. The molecule has 1 aromatic rings. The van der Waals surface area contributed by atoms with Gasteiger partial charge in [-0.1, -0.05) is 6.07 Å². The van der Waals surface area contributed by atoms with Gasteiger partial charge in [0.1, 0.15) is 5.69 Å². The average Bonchev–Trinajstić information content (AvgIpc) is 2.20. The van der Waals surface area contributed by atoms with Crippen molar-refractivity contribution in [2.24, 2.45) is 4.99 Å². The number of rotatable bonds is 2. The zero-order chi connectivity index (χ0) is 10.6. The summed E-state index contributed by atoms with van der Waals surface area (Å²) in [6.45, 7) is 0. The lowest BCUT2D eigenvalue weighted by molar-refractivity contribution is 0.0601. The number of nitrogens with zero attached hydrogens (tertiary/aromatic N) is 1. The van der Waals surface area contributed by atoms with Gasteiger partial charge in [-0.05, 0) is 34.7 Å². The number of methoxy groups -OCH3 is 1. The van der Waals surface area contributed by atoms with Gasteiger partial charge in [0, 0.05) is 3.57 Å². The number of isocyanates is 1. The standard InChI is InChI=1S/C9H6INO3/c1-14-9(13)6-3-2-4-7(10)8(6)11-5-12/h2-4H,1H3. The van der Waals surface area contributed by atoms with Gasteiger partial charge in [0.15, 0.2) is 0 Å². The van der Waals surface area contributed by atoms with Crippen LogP contribution in [0.4, 0.5) is 5.69 Å². The fourth-order valence-corrected chi connectivity index (χ4v) is 1.57. The Morgan fingerprint density at radius 3 is 2.86 bits per heavy atom. The molecule has 0 amide bonds. The van der Waals surface area contributed by atoms with Gasteiger partial charge < -0.3 is 4.74 Å². The van der Waals surface area contributed by atoms with Gasteiger partial charge in [0.25, 0.3) is 0 Å². The quantitative estimate of drug-likeness (QED) is 0.364. The van der Waals surface area contributed by atoms with Crippen molar-refractivity contribution in [1.82, 2.24) is 0 Å². The van der Waals surface area contributed by atoms with Crippen LogP contribution in [-0.2, 0) is 9.53 Å². The van der Waals surface area contributed by atoms with Crippen LogP contribution in [-0.4, -0.2) is 19.2 Å². The van der Waals surface area contributed by atoms with Crippen molar-refractivity contribution in [3.8, 4) is 0 Å². The van der Waals surface area contributed by atoms with Crippen LogP contribution in [0.1, 0.15) is 10.4 Å². The highest BCUT2D eigenvalue weighted by atomic mass is 127. The number of carbonyl (C=O) groups excluding carboxylic acids is 2. The Labute approximate surface area is 94.1 Å². The van der Waals surface area contributed by atoms with E-state index in [9.17, 15) is 9.59 Å². The molecule has 0 aliphatic heterocycles. The molecule has 14 heavy (non-hydrogen) atoms. The Kier molecular flexibility index (Phi) is 3.79. The van der Waals surface area contributed by atoms with Gasteiger partial charge in [-0.3, -0.25) is 0 Å².